The van der Waals surface area contributed by atoms with E-state index in [0.29, 0.717) is 0 Å². The standard InChI is InChI=1S/C17H17BrN2O/c1-2-11-3-5-12(6-4-11)16-15(19)17(21)20(16)14-9-7-13(18)8-10-14/h3-10,15-16H,2,19H2,1H3/t15-,16-/m0/s1. The second-order valence-corrected chi connectivity index (χ2v) is 6.17. The number of hydrogen-bond donors (Lipinski definition) is 1. The monoisotopic (exact) mass is 344 g/mol. The van der Waals surface area contributed by atoms with Crippen LogP contribution in [0.25, 0.3) is 0 Å². The van der Waals surface area contributed by atoms with Gasteiger partial charge in [0.15, 0.2) is 0 Å². The number of halogens is 1. The lowest BCUT2D eigenvalue weighted by atomic mass is 9.88. The Bertz CT molecular complexity index is 651. The fraction of sp³-hybridized carbons (Fsp3) is 0.235. The highest BCUT2D eigenvalue weighted by Crippen LogP contribution is 2.38. The molecule has 1 amide bonds. The number of aryl methyl sites for hydroxylation is 1. The molecule has 0 unspecified atom stereocenters. The first-order chi connectivity index (χ1) is 10.1. The van der Waals surface area contributed by atoms with E-state index < -0.39 is 6.04 Å². The summed E-state index contributed by atoms with van der Waals surface area (Å²) >= 11 is 3.41. The molecule has 0 spiro atoms. The summed E-state index contributed by atoms with van der Waals surface area (Å²) in [7, 11) is 0. The van der Waals surface area contributed by atoms with Crippen molar-refractivity contribution in [1.82, 2.24) is 0 Å². The summed E-state index contributed by atoms with van der Waals surface area (Å²) in [6, 6.07) is 15.5. The quantitative estimate of drug-likeness (QED) is 0.867. The number of carbonyl (C=O) groups is 1. The van der Waals surface area contributed by atoms with E-state index in [4.69, 9.17) is 5.73 Å². The van der Waals surface area contributed by atoms with Gasteiger partial charge in [-0.3, -0.25) is 4.79 Å². The third-order valence-corrected chi connectivity index (χ3v) is 4.50. The fourth-order valence-electron chi connectivity index (χ4n) is 2.71. The van der Waals surface area contributed by atoms with Crippen LogP contribution in [-0.4, -0.2) is 11.9 Å². The van der Waals surface area contributed by atoms with Gasteiger partial charge in [-0.2, -0.15) is 0 Å². The number of nitrogens with zero attached hydrogens (tertiary/aromatic N) is 1. The number of β-lactam (4-membered cyclic amide) rings is 1. The SMILES string of the molecule is CCc1ccc([C@H]2[C@H](N)C(=O)N2c2ccc(Br)cc2)cc1. The van der Waals surface area contributed by atoms with Crippen LogP contribution in [0.4, 0.5) is 5.69 Å². The van der Waals surface area contributed by atoms with Gasteiger partial charge < -0.3 is 10.6 Å². The highest BCUT2D eigenvalue weighted by Gasteiger charge is 2.46. The molecule has 108 valence electrons. The van der Waals surface area contributed by atoms with Crippen LogP contribution in [0.5, 0.6) is 0 Å². The maximum atomic E-state index is 12.1. The molecule has 0 saturated carbocycles. The molecule has 2 N–H and O–H groups in total. The summed E-state index contributed by atoms with van der Waals surface area (Å²) in [5, 5.41) is 0. The van der Waals surface area contributed by atoms with Gasteiger partial charge in [0.25, 0.3) is 0 Å². The Kier molecular flexibility index (Phi) is 3.83. The van der Waals surface area contributed by atoms with Gasteiger partial charge in [0.05, 0.1) is 6.04 Å². The van der Waals surface area contributed by atoms with Crippen molar-refractivity contribution in [3.8, 4) is 0 Å². The lowest BCUT2D eigenvalue weighted by Crippen LogP contribution is -2.63. The molecule has 0 bridgehead atoms. The van der Waals surface area contributed by atoms with Gasteiger partial charge in [0.2, 0.25) is 5.91 Å². The lowest BCUT2D eigenvalue weighted by molar-refractivity contribution is -0.126. The maximum Gasteiger partial charge on any atom is 0.247 e. The van der Waals surface area contributed by atoms with E-state index in [-0.39, 0.29) is 11.9 Å². The van der Waals surface area contributed by atoms with E-state index in [2.05, 4.69) is 47.1 Å². The minimum Gasteiger partial charge on any atom is -0.318 e. The van der Waals surface area contributed by atoms with Crippen LogP contribution in [0, 0.1) is 0 Å². The predicted molar refractivity (Wildman–Crippen MR) is 88.2 cm³/mol. The smallest absolute Gasteiger partial charge is 0.247 e. The van der Waals surface area contributed by atoms with Gasteiger partial charge in [-0.1, -0.05) is 47.1 Å². The van der Waals surface area contributed by atoms with Gasteiger partial charge in [-0.05, 0) is 41.8 Å². The second kappa shape index (κ2) is 5.62. The first-order valence-corrected chi connectivity index (χ1v) is 7.84. The van der Waals surface area contributed by atoms with E-state index >= 15 is 0 Å². The zero-order valence-electron chi connectivity index (χ0n) is 11.8. The Morgan fingerprint density at radius 3 is 2.29 bits per heavy atom. The minimum atomic E-state index is -0.457. The number of hydrogen-bond acceptors (Lipinski definition) is 2. The molecular weight excluding hydrogens is 328 g/mol. The Hall–Kier alpha value is -1.65. The second-order valence-electron chi connectivity index (χ2n) is 5.25. The van der Waals surface area contributed by atoms with Crippen LogP contribution in [0.15, 0.2) is 53.0 Å². The summed E-state index contributed by atoms with van der Waals surface area (Å²) < 4.78 is 0.993. The molecule has 1 saturated heterocycles. The molecule has 2 aromatic rings. The molecule has 21 heavy (non-hydrogen) atoms. The molecular formula is C17H17BrN2O. The summed E-state index contributed by atoms with van der Waals surface area (Å²) in [6.45, 7) is 2.13. The predicted octanol–water partition coefficient (Wildman–Crippen LogP) is 3.43. The van der Waals surface area contributed by atoms with Crippen LogP contribution in [0.3, 0.4) is 0 Å². The zero-order valence-corrected chi connectivity index (χ0v) is 13.4. The topological polar surface area (TPSA) is 46.3 Å². The van der Waals surface area contributed by atoms with E-state index in [1.54, 1.807) is 4.90 Å². The zero-order chi connectivity index (χ0) is 15.0. The average molecular weight is 345 g/mol. The molecule has 1 heterocycles. The number of carbonyl (C=O) groups excluding carboxylic acids is 1. The van der Waals surface area contributed by atoms with Crippen molar-refractivity contribution in [3.63, 3.8) is 0 Å². The summed E-state index contributed by atoms with van der Waals surface area (Å²) in [6.07, 6.45) is 1.01. The summed E-state index contributed by atoms with van der Waals surface area (Å²) in [5.74, 6) is -0.0260. The van der Waals surface area contributed by atoms with E-state index in [1.165, 1.54) is 5.56 Å². The van der Waals surface area contributed by atoms with E-state index in [0.717, 1.165) is 22.1 Å². The Morgan fingerprint density at radius 1 is 1.10 bits per heavy atom. The first-order valence-electron chi connectivity index (χ1n) is 7.05. The number of rotatable bonds is 3. The van der Waals surface area contributed by atoms with Crippen LogP contribution in [0.2, 0.25) is 0 Å². The van der Waals surface area contributed by atoms with Gasteiger partial charge in [-0.15, -0.1) is 0 Å². The molecule has 3 rings (SSSR count). The van der Waals surface area contributed by atoms with Crippen molar-refractivity contribution in [3.05, 3.63) is 64.1 Å². The van der Waals surface area contributed by atoms with Crippen LogP contribution in [-0.2, 0) is 11.2 Å². The molecule has 1 aliphatic rings. The Labute approximate surface area is 132 Å². The molecule has 1 fully saturated rings. The lowest BCUT2D eigenvalue weighted by Gasteiger charge is -2.45. The largest absolute Gasteiger partial charge is 0.318 e. The highest BCUT2D eigenvalue weighted by molar-refractivity contribution is 9.10. The number of amides is 1. The van der Waals surface area contributed by atoms with Crippen molar-refractivity contribution in [2.45, 2.75) is 25.4 Å². The summed E-state index contributed by atoms with van der Waals surface area (Å²) in [4.78, 5) is 13.9. The molecule has 3 nitrogen and oxygen atoms in total. The molecule has 2 atom stereocenters. The van der Waals surface area contributed by atoms with Crippen LogP contribution in [0.1, 0.15) is 24.1 Å². The first kappa shape index (κ1) is 14.3. The third-order valence-electron chi connectivity index (χ3n) is 3.98. The van der Waals surface area contributed by atoms with E-state index in [1.807, 2.05) is 24.3 Å². The van der Waals surface area contributed by atoms with Crippen LogP contribution < -0.4 is 10.6 Å². The van der Waals surface area contributed by atoms with E-state index in [9.17, 15) is 4.79 Å². The number of nitrogens with two attached hydrogens (primary N) is 1. The van der Waals surface area contributed by atoms with Gasteiger partial charge in [0, 0.05) is 10.2 Å². The fourth-order valence-corrected chi connectivity index (χ4v) is 2.97. The Balaban J connectivity index is 1.92. The molecule has 0 aliphatic carbocycles. The van der Waals surface area contributed by atoms with Crippen molar-refractivity contribution in [2.24, 2.45) is 5.73 Å². The molecule has 0 aromatic heterocycles. The molecule has 2 aromatic carbocycles. The minimum absolute atomic E-state index is 0.0260. The van der Waals surface area contributed by atoms with Gasteiger partial charge >= 0.3 is 0 Å². The number of anilines is 1. The number of benzene rings is 2. The van der Waals surface area contributed by atoms with Crippen molar-refractivity contribution in [2.75, 3.05) is 4.90 Å². The average Bonchev–Trinajstić information content (AvgIpc) is 2.53. The third kappa shape index (κ3) is 2.49. The van der Waals surface area contributed by atoms with Crippen LogP contribution >= 0.6 is 15.9 Å². The highest BCUT2D eigenvalue weighted by atomic mass is 79.9. The van der Waals surface area contributed by atoms with Gasteiger partial charge in [-0.25, -0.2) is 0 Å². The Morgan fingerprint density at radius 2 is 1.71 bits per heavy atom. The van der Waals surface area contributed by atoms with Crippen molar-refractivity contribution >= 4 is 27.5 Å². The van der Waals surface area contributed by atoms with Crippen molar-refractivity contribution in [1.29, 1.82) is 0 Å². The normalized spacial score (nSPS) is 21.3. The maximum absolute atomic E-state index is 12.1. The van der Waals surface area contributed by atoms with Crippen molar-refractivity contribution < 1.29 is 4.79 Å². The molecule has 4 heteroatoms. The molecule has 1 aliphatic heterocycles. The summed E-state index contributed by atoms with van der Waals surface area (Å²) in [5.41, 5.74) is 9.28. The van der Waals surface area contributed by atoms with Gasteiger partial charge in [0.1, 0.15) is 6.04 Å². The molecule has 0 radical (unpaired) electrons.